The zero-order chi connectivity index (χ0) is 19.9. The highest BCUT2D eigenvalue weighted by molar-refractivity contribution is 7.89. The van der Waals surface area contributed by atoms with Crippen molar-refractivity contribution < 1.29 is 13.2 Å². The van der Waals surface area contributed by atoms with Gasteiger partial charge < -0.3 is 9.80 Å². The Morgan fingerprint density at radius 1 is 0.964 bits per heavy atom. The Labute approximate surface area is 166 Å². The monoisotopic (exact) mass is 399 g/mol. The topological polar surface area (TPSA) is 60.9 Å². The molecule has 2 aliphatic heterocycles. The summed E-state index contributed by atoms with van der Waals surface area (Å²) in [5, 5.41) is 0. The van der Waals surface area contributed by atoms with Gasteiger partial charge in [0, 0.05) is 44.6 Å². The maximum Gasteiger partial charge on any atom is 0.243 e. The van der Waals surface area contributed by atoms with Crippen LogP contribution in [0.2, 0.25) is 0 Å². The number of likely N-dealkylation sites (N-methyl/N-ethyl adjacent to an activating group) is 1. The number of piperazine rings is 1. The molecule has 0 unspecified atom stereocenters. The van der Waals surface area contributed by atoms with E-state index in [4.69, 9.17) is 0 Å². The molecule has 148 valence electrons. The van der Waals surface area contributed by atoms with Crippen molar-refractivity contribution in [1.82, 2.24) is 4.31 Å². The number of carbonyl (C=O) groups excluding carboxylic acids is 1. The van der Waals surface area contributed by atoms with Gasteiger partial charge in [-0.2, -0.15) is 4.31 Å². The first-order valence-corrected chi connectivity index (χ1v) is 11.1. The van der Waals surface area contributed by atoms with E-state index in [9.17, 15) is 13.2 Å². The van der Waals surface area contributed by atoms with Crippen LogP contribution in [0.5, 0.6) is 0 Å². The van der Waals surface area contributed by atoms with E-state index in [1.54, 1.807) is 34.5 Å². The molecule has 28 heavy (non-hydrogen) atoms. The van der Waals surface area contributed by atoms with Crippen LogP contribution in [0.1, 0.15) is 18.1 Å². The molecule has 0 aromatic heterocycles. The van der Waals surface area contributed by atoms with Crippen molar-refractivity contribution >= 4 is 27.3 Å². The summed E-state index contributed by atoms with van der Waals surface area (Å²) in [5.41, 5.74) is 4.06. The summed E-state index contributed by atoms with van der Waals surface area (Å²) < 4.78 is 27.8. The Bertz CT molecular complexity index is 1010. The number of hydrogen-bond donors (Lipinski definition) is 0. The maximum atomic E-state index is 13.1. The number of anilines is 2. The second-order valence-corrected chi connectivity index (χ2v) is 9.23. The van der Waals surface area contributed by atoms with Gasteiger partial charge in [0.05, 0.1) is 11.3 Å². The van der Waals surface area contributed by atoms with E-state index < -0.39 is 10.0 Å². The molecule has 6 nitrogen and oxygen atoms in total. The fraction of sp³-hybridized carbons (Fsp3) is 0.381. The summed E-state index contributed by atoms with van der Waals surface area (Å²) in [5.74, 6) is -0.00671. The Morgan fingerprint density at radius 2 is 1.68 bits per heavy atom. The lowest BCUT2D eigenvalue weighted by Crippen LogP contribution is -2.48. The molecule has 2 aromatic carbocycles. The molecular weight excluding hydrogens is 374 g/mol. The standard InChI is InChI=1S/C21H25N3O3S/c1-3-16-6-4-5-7-20(16)23-10-12-24(13-11-23)28(26,27)18-8-9-19-17(14-18)15-21(25)22(19)2/h4-9,14H,3,10-13,15H2,1-2H3. The predicted octanol–water partition coefficient (Wildman–Crippen LogP) is 2.28. The molecule has 4 rings (SSSR count). The number of nitrogens with zero attached hydrogens (tertiary/aromatic N) is 3. The number of hydrogen-bond acceptors (Lipinski definition) is 4. The minimum absolute atomic E-state index is 0.00671. The van der Waals surface area contributed by atoms with Crippen molar-refractivity contribution in [3.05, 3.63) is 53.6 Å². The van der Waals surface area contributed by atoms with Crippen LogP contribution in [0, 0.1) is 0 Å². The summed E-state index contributed by atoms with van der Waals surface area (Å²) in [6.45, 7) is 4.38. The van der Waals surface area contributed by atoms with Crippen LogP contribution in [0.15, 0.2) is 47.4 Å². The number of para-hydroxylation sites is 1. The Kier molecular flexibility index (Phi) is 4.89. The number of benzene rings is 2. The second kappa shape index (κ2) is 7.22. The third kappa shape index (κ3) is 3.18. The van der Waals surface area contributed by atoms with Gasteiger partial charge >= 0.3 is 0 Å². The normalized spacial score (nSPS) is 17.9. The van der Waals surface area contributed by atoms with Crippen LogP contribution < -0.4 is 9.80 Å². The highest BCUT2D eigenvalue weighted by atomic mass is 32.2. The van der Waals surface area contributed by atoms with E-state index in [0.717, 1.165) is 17.7 Å². The molecule has 0 radical (unpaired) electrons. The number of carbonyl (C=O) groups is 1. The molecule has 7 heteroatoms. The Balaban J connectivity index is 1.52. The first kappa shape index (κ1) is 19.0. The highest BCUT2D eigenvalue weighted by Gasteiger charge is 2.31. The fourth-order valence-corrected chi connectivity index (χ4v) is 5.52. The van der Waals surface area contributed by atoms with Gasteiger partial charge in [-0.05, 0) is 41.8 Å². The average molecular weight is 400 g/mol. The summed E-state index contributed by atoms with van der Waals surface area (Å²) in [7, 11) is -1.85. The van der Waals surface area contributed by atoms with Crippen molar-refractivity contribution in [2.24, 2.45) is 0 Å². The number of amides is 1. The lowest BCUT2D eigenvalue weighted by molar-refractivity contribution is -0.117. The molecular formula is C21H25N3O3S. The Hall–Kier alpha value is -2.38. The summed E-state index contributed by atoms with van der Waals surface area (Å²) >= 11 is 0. The lowest BCUT2D eigenvalue weighted by atomic mass is 10.1. The van der Waals surface area contributed by atoms with E-state index in [-0.39, 0.29) is 17.2 Å². The molecule has 0 atom stereocenters. The lowest BCUT2D eigenvalue weighted by Gasteiger charge is -2.36. The molecule has 2 heterocycles. The van der Waals surface area contributed by atoms with Crippen LogP contribution in [0.25, 0.3) is 0 Å². The smallest absolute Gasteiger partial charge is 0.243 e. The zero-order valence-corrected chi connectivity index (χ0v) is 17.1. The molecule has 1 fully saturated rings. The molecule has 0 saturated carbocycles. The van der Waals surface area contributed by atoms with Crippen molar-refractivity contribution in [2.75, 3.05) is 43.0 Å². The molecule has 0 spiro atoms. The van der Waals surface area contributed by atoms with Crippen molar-refractivity contribution in [2.45, 2.75) is 24.7 Å². The van der Waals surface area contributed by atoms with Gasteiger partial charge in [-0.25, -0.2) is 8.42 Å². The summed E-state index contributed by atoms with van der Waals surface area (Å²) in [4.78, 5) is 16.0. The molecule has 0 N–H and O–H groups in total. The molecule has 0 bridgehead atoms. The van der Waals surface area contributed by atoms with Crippen LogP contribution in [-0.4, -0.2) is 51.9 Å². The summed E-state index contributed by atoms with van der Waals surface area (Å²) in [6, 6.07) is 13.3. The van der Waals surface area contributed by atoms with E-state index >= 15 is 0 Å². The van der Waals surface area contributed by atoms with Crippen LogP contribution in [-0.2, 0) is 27.7 Å². The molecule has 1 amide bonds. The number of aryl methyl sites for hydroxylation is 1. The first-order chi connectivity index (χ1) is 13.4. The zero-order valence-electron chi connectivity index (χ0n) is 16.3. The van der Waals surface area contributed by atoms with Gasteiger partial charge in [-0.1, -0.05) is 25.1 Å². The third-order valence-electron chi connectivity index (χ3n) is 5.72. The largest absolute Gasteiger partial charge is 0.369 e. The van der Waals surface area contributed by atoms with Gasteiger partial charge in [-0.15, -0.1) is 0 Å². The van der Waals surface area contributed by atoms with Crippen molar-refractivity contribution in [3.8, 4) is 0 Å². The van der Waals surface area contributed by atoms with Gasteiger partial charge in [0.1, 0.15) is 0 Å². The maximum absolute atomic E-state index is 13.1. The summed E-state index contributed by atoms with van der Waals surface area (Å²) in [6.07, 6.45) is 1.22. The minimum atomic E-state index is -3.56. The van der Waals surface area contributed by atoms with Gasteiger partial charge in [0.15, 0.2) is 0 Å². The van der Waals surface area contributed by atoms with Crippen LogP contribution in [0.4, 0.5) is 11.4 Å². The minimum Gasteiger partial charge on any atom is -0.369 e. The van der Waals surface area contributed by atoms with Crippen LogP contribution >= 0.6 is 0 Å². The quantitative estimate of drug-likeness (QED) is 0.791. The Morgan fingerprint density at radius 3 is 2.39 bits per heavy atom. The van der Waals surface area contributed by atoms with E-state index in [1.807, 2.05) is 12.1 Å². The van der Waals surface area contributed by atoms with Crippen molar-refractivity contribution in [1.29, 1.82) is 0 Å². The highest BCUT2D eigenvalue weighted by Crippen LogP contribution is 2.31. The number of fused-ring (bicyclic) bond motifs is 1. The van der Waals surface area contributed by atoms with Crippen LogP contribution in [0.3, 0.4) is 0 Å². The van der Waals surface area contributed by atoms with Gasteiger partial charge in [-0.3, -0.25) is 4.79 Å². The average Bonchev–Trinajstić information content (AvgIpc) is 3.01. The fourth-order valence-electron chi connectivity index (χ4n) is 4.04. The van der Waals surface area contributed by atoms with Crippen molar-refractivity contribution in [3.63, 3.8) is 0 Å². The van der Waals surface area contributed by atoms with E-state index in [1.165, 1.54) is 11.3 Å². The van der Waals surface area contributed by atoms with Gasteiger partial charge in [0.2, 0.25) is 15.9 Å². The van der Waals surface area contributed by atoms with Gasteiger partial charge in [0.25, 0.3) is 0 Å². The predicted molar refractivity (Wildman–Crippen MR) is 110 cm³/mol. The number of sulfonamides is 1. The third-order valence-corrected chi connectivity index (χ3v) is 7.61. The molecule has 2 aliphatic rings. The molecule has 2 aromatic rings. The molecule has 0 aliphatic carbocycles. The SMILES string of the molecule is CCc1ccccc1N1CCN(S(=O)(=O)c2ccc3c(c2)CC(=O)N3C)CC1. The molecule has 1 saturated heterocycles. The first-order valence-electron chi connectivity index (χ1n) is 9.64. The second-order valence-electron chi connectivity index (χ2n) is 7.29. The number of rotatable bonds is 4. The van der Waals surface area contributed by atoms with E-state index in [0.29, 0.717) is 26.2 Å². The van der Waals surface area contributed by atoms with E-state index in [2.05, 4.69) is 24.0 Å².